The maximum absolute atomic E-state index is 13.0. The molecular formula is C9H10BrClF3NO. The normalized spacial score (nSPS) is 13.1. The molecule has 2 nitrogen and oxygen atoms in total. The van der Waals surface area contributed by atoms with E-state index in [1.54, 1.807) is 0 Å². The van der Waals surface area contributed by atoms with Crippen LogP contribution < -0.4 is 5.73 Å². The molecular weight excluding hydrogens is 310 g/mol. The van der Waals surface area contributed by atoms with Crippen LogP contribution in [0.3, 0.4) is 0 Å². The number of aliphatic hydroxyl groups is 1. The van der Waals surface area contributed by atoms with E-state index < -0.39 is 24.4 Å². The molecule has 1 atom stereocenters. The minimum atomic E-state index is -3.42. The highest BCUT2D eigenvalue weighted by Crippen LogP contribution is 2.30. The van der Waals surface area contributed by atoms with Gasteiger partial charge >= 0.3 is 0 Å². The molecule has 0 aromatic heterocycles. The summed E-state index contributed by atoms with van der Waals surface area (Å²) in [6.45, 7) is -1.34. The van der Waals surface area contributed by atoms with Crippen molar-refractivity contribution in [2.45, 2.75) is 12.0 Å². The second kappa shape index (κ2) is 5.86. The van der Waals surface area contributed by atoms with Crippen LogP contribution in [0, 0.1) is 5.82 Å². The smallest absolute Gasteiger partial charge is 0.289 e. The van der Waals surface area contributed by atoms with E-state index in [9.17, 15) is 13.2 Å². The number of aliphatic hydroxyl groups excluding tert-OH is 1. The maximum atomic E-state index is 13.0. The minimum Gasteiger partial charge on any atom is -0.390 e. The first kappa shape index (κ1) is 15.7. The fourth-order valence-electron chi connectivity index (χ4n) is 1.05. The van der Waals surface area contributed by atoms with Crippen LogP contribution in [0.25, 0.3) is 0 Å². The number of nitrogens with two attached hydrogens (primary N) is 1. The third-order valence-electron chi connectivity index (χ3n) is 1.97. The monoisotopic (exact) mass is 319 g/mol. The third kappa shape index (κ3) is 3.35. The maximum Gasteiger partial charge on any atom is 0.289 e. The van der Waals surface area contributed by atoms with Crippen molar-refractivity contribution >= 4 is 28.3 Å². The highest BCUT2D eigenvalue weighted by molar-refractivity contribution is 9.10. The van der Waals surface area contributed by atoms with Crippen LogP contribution in [0.4, 0.5) is 13.2 Å². The predicted molar refractivity (Wildman–Crippen MR) is 60.3 cm³/mol. The largest absolute Gasteiger partial charge is 0.390 e. The van der Waals surface area contributed by atoms with E-state index in [-0.39, 0.29) is 22.4 Å². The zero-order valence-electron chi connectivity index (χ0n) is 7.96. The number of alkyl halides is 2. The molecule has 0 aliphatic carbocycles. The quantitative estimate of drug-likeness (QED) is 0.899. The van der Waals surface area contributed by atoms with Gasteiger partial charge < -0.3 is 10.8 Å². The van der Waals surface area contributed by atoms with Crippen LogP contribution in [0.2, 0.25) is 0 Å². The molecule has 3 N–H and O–H groups in total. The summed E-state index contributed by atoms with van der Waals surface area (Å²) in [6, 6.07) is 1.71. The van der Waals surface area contributed by atoms with Gasteiger partial charge in [-0.2, -0.15) is 0 Å². The van der Waals surface area contributed by atoms with Crippen molar-refractivity contribution < 1.29 is 18.3 Å². The summed E-state index contributed by atoms with van der Waals surface area (Å²) in [5.41, 5.74) is 5.31. The summed E-state index contributed by atoms with van der Waals surface area (Å²) in [4.78, 5) is 0. The molecule has 0 heterocycles. The van der Waals surface area contributed by atoms with Crippen molar-refractivity contribution in [3.05, 3.63) is 34.1 Å². The lowest BCUT2D eigenvalue weighted by atomic mass is 10.0. The summed E-state index contributed by atoms with van der Waals surface area (Å²) in [5.74, 6) is -3.98. The van der Waals surface area contributed by atoms with E-state index in [0.717, 1.165) is 12.1 Å². The molecule has 1 aromatic carbocycles. The van der Waals surface area contributed by atoms with E-state index in [2.05, 4.69) is 15.9 Å². The average molecular weight is 321 g/mol. The van der Waals surface area contributed by atoms with Crippen molar-refractivity contribution in [2.24, 2.45) is 5.73 Å². The highest BCUT2D eigenvalue weighted by atomic mass is 79.9. The first-order valence-electron chi connectivity index (χ1n) is 4.07. The van der Waals surface area contributed by atoms with Gasteiger partial charge in [0.15, 0.2) is 0 Å². The lowest BCUT2D eigenvalue weighted by Gasteiger charge is -2.21. The van der Waals surface area contributed by atoms with Crippen molar-refractivity contribution in [2.75, 3.05) is 6.61 Å². The third-order valence-corrected chi connectivity index (χ3v) is 2.58. The topological polar surface area (TPSA) is 46.2 Å². The number of halogens is 5. The molecule has 92 valence electrons. The van der Waals surface area contributed by atoms with Crippen molar-refractivity contribution in [1.29, 1.82) is 0 Å². The van der Waals surface area contributed by atoms with Gasteiger partial charge in [-0.05, 0) is 33.6 Å². The van der Waals surface area contributed by atoms with Gasteiger partial charge in [0.05, 0.1) is 10.5 Å². The molecule has 0 spiro atoms. The van der Waals surface area contributed by atoms with Gasteiger partial charge in [-0.3, -0.25) is 0 Å². The van der Waals surface area contributed by atoms with Crippen molar-refractivity contribution in [3.63, 3.8) is 0 Å². The SMILES string of the molecule is Cl.N[C@H](c1ccc(F)c(Br)c1)C(F)(F)CO. The lowest BCUT2D eigenvalue weighted by molar-refractivity contribution is -0.0712. The molecule has 0 aliphatic rings. The molecule has 0 fully saturated rings. The summed E-state index contributed by atoms with van der Waals surface area (Å²) >= 11 is 2.87. The Labute approximate surface area is 105 Å². The van der Waals surface area contributed by atoms with Gasteiger partial charge in [0, 0.05) is 0 Å². The van der Waals surface area contributed by atoms with Crippen molar-refractivity contribution in [3.8, 4) is 0 Å². The molecule has 0 amide bonds. The lowest BCUT2D eigenvalue weighted by Crippen LogP contribution is -2.36. The summed E-state index contributed by atoms with van der Waals surface area (Å²) in [6.07, 6.45) is 0. The van der Waals surface area contributed by atoms with Crippen LogP contribution in [0.15, 0.2) is 22.7 Å². The van der Waals surface area contributed by atoms with E-state index in [4.69, 9.17) is 10.8 Å². The number of hydrogen-bond acceptors (Lipinski definition) is 2. The molecule has 1 rings (SSSR count). The molecule has 1 aromatic rings. The fourth-order valence-corrected chi connectivity index (χ4v) is 1.44. The van der Waals surface area contributed by atoms with Crippen LogP contribution >= 0.6 is 28.3 Å². The van der Waals surface area contributed by atoms with E-state index in [0.29, 0.717) is 0 Å². The van der Waals surface area contributed by atoms with Crippen molar-refractivity contribution in [1.82, 2.24) is 0 Å². The minimum absolute atomic E-state index is 0. The first-order chi connectivity index (χ1) is 6.88. The van der Waals surface area contributed by atoms with E-state index in [1.807, 2.05) is 0 Å². The molecule has 0 saturated carbocycles. The molecule has 0 unspecified atom stereocenters. The van der Waals surface area contributed by atoms with Crippen LogP contribution in [-0.2, 0) is 0 Å². The Hall–Kier alpha value is -0.300. The molecule has 0 radical (unpaired) electrons. The molecule has 0 aliphatic heterocycles. The Kier molecular flexibility index (Phi) is 5.75. The highest BCUT2D eigenvalue weighted by Gasteiger charge is 2.37. The Morgan fingerprint density at radius 3 is 2.44 bits per heavy atom. The van der Waals surface area contributed by atoms with Gasteiger partial charge in [0.2, 0.25) is 0 Å². The standard InChI is InChI=1S/C9H9BrF3NO.ClH/c10-6-3-5(1-2-7(6)11)8(14)9(12,13)4-15;/h1-3,8,15H,4,14H2;1H/t8-;/m1./s1. The van der Waals surface area contributed by atoms with Crippen LogP contribution in [0.5, 0.6) is 0 Å². The first-order valence-corrected chi connectivity index (χ1v) is 4.87. The zero-order chi connectivity index (χ0) is 11.6. The second-order valence-electron chi connectivity index (χ2n) is 3.07. The van der Waals surface area contributed by atoms with Crippen LogP contribution in [0.1, 0.15) is 11.6 Å². The van der Waals surface area contributed by atoms with Gasteiger partial charge in [-0.15, -0.1) is 12.4 Å². The van der Waals surface area contributed by atoms with Crippen LogP contribution in [-0.4, -0.2) is 17.6 Å². The molecule has 0 bridgehead atoms. The summed E-state index contributed by atoms with van der Waals surface area (Å²) in [7, 11) is 0. The number of hydrogen-bond donors (Lipinski definition) is 2. The Balaban J connectivity index is 0.00000225. The Bertz CT molecular complexity index is 365. The van der Waals surface area contributed by atoms with E-state index >= 15 is 0 Å². The zero-order valence-corrected chi connectivity index (χ0v) is 10.4. The Morgan fingerprint density at radius 1 is 1.44 bits per heavy atom. The van der Waals surface area contributed by atoms with Gasteiger partial charge in [-0.1, -0.05) is 6.07 Å². The molecule has 0 saturated heterocycles. The van der Waals surface area contributed by atoms with E-state index in [1.165, 1.54) is 6.07 Å². The summed E-state index contributed by atoms with van der Waals surface area (Å²) in [5, 5.41) is 8.43. The average Bonchev–Trinajstić information content (AvgIpc) is 2.21. The molecule has 7 heteroatoms. The number of rotatable bonds is 3. The summed E-state index contributed by atoms with van der Waals surface area (Å²) < 4.78 is 38.8. The number of benzene rings is 1. The second-order valence-corrected chi connectivity index (χ2v) is 3.92. The predicted octanol–water partition coefficient (Wildman–Crippen LogP) is 2.64. The molecule has 16 heavy (non-hydrogen) atoms. The van der Waals surface area contributed by atoms with Gasteiger partial charge in [0.25, 0.3) is 5.92 Å². The fraction of sp³-hybridized carbons (Fsp3) is 0.333. The van der Waals surface area contributed by atoms with Gasteiger partial charge in [-0.25, -0.2) is 13.2 Å². The van der Waals surface area contributed by atoms with Gasteiger partial charge in [0.1, 0.15) is 12.4 Å². The Morgan fingerprint density at radius 2 is 2.00 bits per heavy atom.